The van der Waals surface area contributed by atoms with E-state index in [1.54, 1.807) is 6.92 Å². The van der Waals surface area contributed by atoms with Gasteiger partial charge in [-0.3, -0.25) is 0 Å². The van der Waals surface area contributed by atoms with Crippen molar-refractivity contribution in [1.29, 1.82) is 0 Å². The van der Waals surface area contributed by atoms with Crippen LogP contribution >= 0.6 is 0 Å². The number of ether oxygens (including phenoxy) is 1. The molecule has 0 aliphatic heterocycles. The van der Waals surface area contributed by atoms with E-state index in [1.807, 2.05) is 30.3 Å². The minimum atomic E-state index is -0.866. The standard InChI is InChI=1S/C11H15NO3/c1-8(15-11(12)14)10(13)7-9-5-3-2-4-6-9/h2-6,8,10,13H,7H2,1H3,(H2,12,14)/t8?,10-/m1/s1. The Hall–Kier alpha value is -1.55. The fourth-order valence-corrected chi connectivity index (χ4v) is 1.28. The van der Waals surface area contributed by atoms with Crippen LogP contribution in [-0.2, 0) is 11.2 Å². The van der Waals surface area contributed by atoms with E-state index in [9.17, 15) is 9.90 Å². The molecule has 4 nitrogen and oxygen atoms in total. The molecule has 0 spiro atoms. The van der Waals surface area contributed by atoms with E-state index in [2.05, 4.69) is 4.74 Å². The van der Waals surface area contributed by atoms with Crippen LogP contribution in [0.1, 0.15) is 12.5 Å². The average molecular weight is 209 g/mol. The molecule has 1 rings (SSSR count). The summed E-state index contributed by atoms with van der Waals surface area (Å²) in [6.07, 6.45) is -1.76. The zero-order valence-corrected chi connectivity index (χ0v) is 8.59. The Morgan fingerprint density at radius 1 is 1.47 bits per heavy atom. The van der Waals surface area contributed by atoms with Gasteiger partial charge in [0, 0.05) is 6.42 Å². The lowest BCUT2D eigenvalue weighted by Crippen LogP contribution is -2.32. The molecule has 0 bridgehead atoms. The summed E-state index contributed by atoms with van der Waals surface area (Å²) < 4.78 is 4.67. The first-order chi connectivity index (χ1) is 7.09. The maximum atomic E-state index is 10.5. The molecule has 4 heteroatoms. The lowest BCUT2D eigenvalue weighted by atomic mass is 10.1. The minimum absolute atomic E-state index is 0.440. The van der Waals surface area contributed by atoms with Gasteiger partial charge in [0.25, 0.3) is 0 Å². The van der Waals surface area contributed by atoms with Gasteiger partial charge in [0.1, 0.15) is 6.10 Å². The second-order valence-corrected chi connectivity index (χ2v) is 3.40. The van der Waals surface area contributed by atoms with Gasteiger partial charge in [-0.05, 0) is 12.5 Å². The summed E-state index contributed by atoms with van der Waals surface area (Å²) in [5.41, 5.74) is 5.84. The molecule has 1 amide bonds. The molecule has 15 heavy (non-hydrogen) atoms. The fourth-order valence-electron chi connectivity index (χ4n) is 1.28. The molecule has 82 valence electrons. The van der Waals surface area contributed by atoms with E-state index in [4.69, 9.17) is 5.73 Å². The van der Waals surface area contributed by atoms with Crippen LogP contribution in [0, 0.1) is 0 Å². The first-order valence-corrected chi connectivity index (χ1v) is 4.77. The van der Waals surface area contributed by atoms with Crippen LogP contribution in [0.2, 0.25) is 0 Å². The van der Waals surface area contributed by atoms with Crippen LogP contribution in [0.4, 0.5) is 4.79 Å². The van der Waals surface area contributed by atoms with Gasteiger partial charge in [-0.25, -0.2) is 4.79 Å². The molecule has 1 aromatic carbocycles. The molecular formula is C11H15NO3. The Morgan fingerprint density at radius 2 is 2.07 bits per heavy atom. The van der Waals surface area contributed by atoms with Crippen molar-refractivity contribution < 1.29 is 14.6 Å². The lowest BCUT2D eigenvalue weighted by Gasteiger charge is -2.18. The number of hydrogen-bond donors (Lipinski definition) is 2. The van der Waals surface area contributed by atoms with E-state index >= 15 is 0 Å². The van der Waals surface area contributed by atoms with Crippen molar-refractivity contribution in [2.45, 2.75) is 25.6 Å². The third-order valence-electron chi connectivity index (χ3n) is 2.13. The molecule has 0 radical (unpaired) electrons. The molecule has 0 saturated carbocycles. The van der Waals surface area contributed by atoms with Crippen LogP contribution in [0.15, 0.2) is 30.3 Å². The summed E-state index contributed by atoms with van der Waals surface area (Å²) in [6.45, 7) is 1.61. The molecule has 0 saturated heterocycles. The van der Waals surface area contributed by atoms with Crippen LogP contribution in [0.25, 0.3) is 0 Å². The number of aliphatic hydroxyl groups is 1. The van der Waals surface area contributed by atoms with E-state index in [-0.39, 0.29) is 0 Å². The summed E-state index contributed by atoms with van der Waals surface area (Å²) in [7, 11) is 0. The van der Waals surface area contributed by atoms with Crippen molar-refractivity contribution in [3.8, 4) is 0 Å². The Kier molecular flexibility index (Phi) is 4.12. The minimum Gasteiger partial charge on any atom is -0.444 e. The number of primary amides is 1. The quantitative estimate of drug-likeness (QED) is 0.779. The van der Waals surface area contributed by atoms with Crippen LogP contribution in [0.5, 0.6) is 0 Å². The van der Waals surface area contributed by atoms with Gasteiger partial charge in [0.2, 0.25) is 0 Å². The van der Waals surface area contributed by atoms with E-state index in [0.717, 1.165) is 5.56 Å². The van der Waals surface area contributed by atoms with Gasteiger partial charge in [-0.15, -0.1) is 0 Å². The molecule has 0 heterocycles. The van der Waals surface area contributed by atoms with Crippen molar-refractivity contribution >= 4 is 6.09 Å². The molecule has 1 unspecified atom stereocenters. The maximum Gasteiger partial charge on any atom is 0.404 e. The number of carbonyl (C=O) groups excluding carboxylic acids is 1. The average Bonchev–Trinajstić information content (AvgIpc) is 2.18. The largest absolute Gasteiger partial charge is 0.444 e. The molecule has 0 aliphatic rings. The second kappa shape index (κ2) is 5.36. The molecule has 2 atom stereocenters. The number of hydrogen-bond acceptors (Lipinski definition) is 3. The lowest BCUT2D eigenvalue weighted by molar-refractivity contribution is 0.0172. The number of amides is 1. The molecule has 0 aromatic heterocycles. The molecular weight excluding hydrogens is 194 g/mol. The Labute approximate surface area is 88.7 Å². The first kappa shape index (κ1) is 11.5. The van der Waals surface area contributed by atoms with Crippen molar-refractivity contribution in [2.75, 3.05) is 0 Å². The van der Waals surface area contributed by atoms with Crippen LogP contribution in [-0.4, -0.2) is 23.4 Å². The molecule has 1 aromatic rings. The summed E-state index contributed by atoms with van der Waals surface area (Å²) in [5, 5.41) is 9.69. The van der Waals surface area contributed by atoms with Crippen molar-refractivity contribution in [2.24, 2.45) is 5.73 Å². The third-order valence-corrected chi connectivity index (χ3v) is 2.13. The zero-order valence-electron chi connectivity index (χ0n) is 8.59. The summed E-state index contributed by atoms with van der Waals surface area (Å²) in [4.78, 5) is 10.5. The summed E-state index contributed by atoms with van der Waals surface area (Å²) >= 11 is 0. The normalized spacial score (nSPS) is 14.3. The summed E-state index contributed by atoms with van der Waals surface area (Å²) in [6, 6.07) is 9.49. The predicted octanol–water partition coefficient (Wildman–Crippen LogP) is 1.07. The van der Waals surface area contributed by atoms with Gasteiger partial charge in [-0.1, -0.05) is 30.3 Å². The molecule has 3 N–H and O–H groups in total. The summed E-state index contributed by atoms with van der Waals surface area (Å²) in [5.74, 6) is 0. The van der Waals surface area contributed by atoms with Crippen molar-refractivity contribution in [1.82, 2.24) is 0 Å². The highest BCUT2D eigenvalue weighted by Crippen LogP contribution is 2.07. The van der Waals surface area contributed by atoms with Crippen molar-refractivity contribution in [3.05, 3.63) is 35.9 Å². The van der Waals surface area contributed by atoms with Crippen LogP contribution in [0.3, 0.4) is 0 Å². The monoisotopic (exact) mass is 209 g/mol. The van der Waals surface area contributed by atoms with Gasteiger partial charge < -0.3 is 15.6 Å². The van der Waals surface area contributed by atoms with Gasteiger partial charge in [0.05, 0.1) is 6.10 Å². The Balaban J connectivity index is 2.48. The fraction of sp³-hybridized carbons (Fsp3) is 0.364. The van der Waals surface area contributed by atoms with Crippen molar-refractivity contribution in [3.63, 3.8) is 0 Å². The highest BCUT2D eigenvalue weighted by atomic mass is 16.6. The van der Waals surface area contributed by atoms with Gasteiger partial charge in [0.15, 0.2) is 0 Å². The van der Waals surface area contributed by atoms with Gasteiger partial charge in [-0.2, -0.15) is 0 Å². The highest BCUT2D eigenvalue weighted by molar-refractivity contribution is 5.64. The van der Waals surface area contributed by atoms with Crippen LogP contribution < -0.4 is 5.73 Å². The number of carbonyl (C=O) groups is 1. The SMILES string of the molecule is CC(OC(N)=O)[C@H](O)Cc1ccccc1. The predicted molar refractivity (Wildman–Crippen MR) is 56.3 cm³/mol. The number of benzene rings is 1. The second-order valence-electron chi connectivity index (χ2n) is 3.40. The van der Waals surface area contributed by atoms with E-state index < -0.39 is 18.3 Å². The van der Waals surface area contributed by atoms with E-state index in [0.29, 0.717) is 6.42 Å². The number of nitrogens with two attached hydrogens (primary N) is 1. The zero-order chi connectivity index (χ0) is 11.3. The maximum absolute atomic E-state index is 10.5. The smallest absolute Gasteiger partial charge is 0.404 e. The highest BCUT2D eigenvalue weighted by Gasteiger charge is 2.17. The van der Waals surface area contributed by atoms with Gasteiger partial charge >= 0.3 is 6.09 Å². The van der Waals surface area contributed by atoms with E-state index in [1.165, 1.54) is 0 Å². The Bertz CT molecular complexity index is 313. The topological polar surface area (TPSA) is 72.5 Å². The molecule has 0 aliphatic carbocycles. The first-order valence-electron chi connectivity index (χ1n) is 4.77. The third kappa shape index (κ3) is 3.99. The number of aliphatic hydroxyl groups excluding tert-OH is 1. The molecule has 0 fully saturated rings. The number of rotatable bonds is 4. The Morgan fingerprint density at radius 3 is 2.60 bits per heavy atom.